The van der Waals surface area contributed by atoms with E-state index in [4.69, 9.17) is 5.73 Å². The van der Waals surface area contributed by atoms with Crippen LogP contribution in [-0.2, 0) is 4.79 Å². The highest BCUT2D eigenvalue weighted by Gasteiger charge is 2.22. The van der Waals surface area contributed by atoms with Crippen LogP contribution in [0.3, 0.4) is 0 Å². The summed E-state index contributed by atoms with van der Waals surface area (Å²) in [5, 5.41) is 2.44. The number of nitrogens with one attached hydrogen (secondary N) is 1. The molecule has 0 aliphatic carbocycles. The van der Waals surface area contributed by atoms with E-state index in [9.17, 15) is 13.6 Å². The lowest BCUT2D eigenvalue weighted by Gasteiger charge is -2.13. The van der Waals surface area contributed by atoms with Crippen molar-refractivity contribution < 1.29 is 13.6 Å². The van der Waals surface area contributed by atoms with Gasteiger partial charge in [-0.25, -0.2) is 8.78 Å². The van der Waals surface area contributed by atoms with Crippen molar-refractivity contribution in [2.24, 2.45) is 5.73 Å². The molecule has 0 bridgehead atoms. The van der Waals surface area contributed by atoms with Crippen molar-refractivity contribution >= 4 is 5.91 Å². The number of benzene rings is 1. The average Bonchev–Trinajstić information content (AvgIpc) is 2.10. The van der Waals surface area contributed by atoms with Gasteiger partial charge in [0.2, 0.25) is 5.91 Å². The third kappa shape index (κ3) is 1.88. The van der Waals surface area contributed by atoms with Gasteiger partial charge in [0, 0.05) is 5.56 Å². The highest BCUT2D eigenvalue weighted by Crippen LogP contribution is 2.19. The SMILES string of the molecule is CNC(C(N)=O)c1c(F)cccc1F. The van der Waals surface area contributed by atoms with E-state index in [0.29, 0.717) is 0 Å². The molecule has 1 atom stereocenters. The van der Waals surface area contributed by atoms with Crippen molar-refractivity contribution in [3.05, 3.63) is 35.4 Å². The molecular formula is C9H10F2N2O. The molecule has 14 heavy (non-hydrogen) atoms. The molecule has 0 heterocycles. The standard InChI is InChI=1S/C9H10F2N2O/c1-13-8(9(12)14)7-5(10)3-2-4-6(7)11/h2-4,8,13H,1H3,(H2,12,14). The van der Waals surface area contributed by atoms with Crippen LogP contribution in [-0.4, -0.2) is 13.0 Å². The third-order valence-corrected chi connectivity index (χ3v) is 1.86. The summed E-state index contributed by atoms with van der Waals surface area (Å²) >= 11 is 0. The molecule has 3 N–H and O–H groups in total. The largest absolute Gasteiger partial charge is 0.368 e. The highest BCUT2D eigenvalue weighted by molar-refractivity contribution is 5.81. The number of nitrogens with two attached hydrogens (primary N) is 1. The summed E-state index contributed by atoms with van der Waals surface area (Å²) in [6.07, 6.45) is 0. The van der Waals surface area contributed by atoms with Gasteiger partial charge in [0.05, 0.1) is 0 Å². The van der Waals surface area contributed by atoms with E-state index in [1.54, 1.807) is 0 Å². The molecule has 1 aromatic carbocycles. The zero-order valence-electron chi connectivity index (χ0n) is 7.55. The van der Waals surface area contributed by atoms with E-state index in [2.05, 4.69) is 5.32 Å². The van der Waals surface area contributed by atoms with Crippen LogP contribution in [0, 0.1) is 11.6 Å². The molecule has 0 aromatic heterocycles. The van der Waals surface area contributed by atoms with Gasteiger partial charge in [-0.2, -0.15) is 0 Å². The van der Waals surface area contributed by atoms with Gasteiger partial charge in [-0.15, -0.1) is 0 Å². The number of carbonyl (C=O) groups excluding carboxylic acids is 1. The molecule has 5 heteroatoms. The predicted molar refractivity (Wildman–Crippen MR) is 47.4 cm³/mol. The van der Waals surface area contributed by atoms with Gasteiger partial charge in [-0.3, -0.25) is 4.79 Å². The summed E-state index contributed by atoms with van der Waals surface area (Å²) in [5.41, 5.74) is 4.64. The van der Waals surface area contributed by atoms with Gasteiger partial charge in [-0.05, 0) is 19.2 Å². The predicted octanol–water partition coefficient (Wildman–Crippen LogP) is 0.711. The first-order valence-electron chi connectivity index (χ1n) is 3.98. The molecule has 0 aliphatic rings. The Labute approximate surface area is 79.9 Å². The molecule has 3 nitrogen and oxygen atoms in total. The minimum absolute atomic E-state index is 0.345. The van der Waals surface area contributed by atoms with Crippen LogP contribution < -0.4 is 11.1 Å². The Morgan fingerprint density at radius 3 is 2.29 bits per heavy atom. The number of hydrogen-bond acceptors (Lipinski definition) is 2. The van der Waals surface area contributed by atoms with Gasteiger partial charge < -0.3 is 11.1 Å². The van der Waals surface area contributed by atoms with Crippen LogP contribution in [0.5, 0.6) is 0 Å². The Hall–Kier alpha value is -1.49. The fourth-order valence-electron chi connectivity index (χ4n) is 1.22. The molecule has 0 saturated heterocycles. The normalized spacial score (nSPS) is 12.5. The van der Waals surface area contributed by atoms with Crippen molar-refractivity contribution in [1.29, 1.82) is 0 Å². The number of likely N-dealkylation sites (N-methyl/N-ethyl adjacent to an activating group) is 1. The minimum Gasteiger partial charge on any atom is -0.368 e. The Kier molecular flexibility index (Phi) is 3.14. The second-order valence-corrected chi connectivity index (χ2v) is 2.76. The van der Waals surface area contributed by atoms with Gasteiger partial charge in [0.1, 0.15) is 17.7 Å². The Morgan fingerprint density at radius 1 is 1.43 bits per heavy atom. The number of rotatable bonds is 3. The maximum Gasteiger partial charge on any atom is 0.239 e. The third-order valence-electron chi connectivity index (χ3n) is 1.86. The van der Waals surface area contributed by atoms with Gasteiger partial charge in [0.15, 0.2) is 0 Å². The molecule has 1 aromatic rings. The molecule has 0 aliphatic heterocycles. The Balaban J connectivity index is 3.22. The molecule has 0 fully saturated rings. The van der Waals surface area contributed by atoms with E-state index in [1.807, 2.05) is 0 Å². The monoisotopic (exact) mass is 200 g/mol. The molecule has 0 radical (unpaired) electrons. The zero-order valence-corrected chi connectivity index (χ0v) is 7.55. The van der Waals surface area contributed by atoms with E-state index in [-0.39, 0.29) is 5.56 Å². The van der Waals surface area contributed by atoms with Crippen LogP contribution in [0.15, 0.2) is 18.2 Å². The molecular weight excluding hydrogens is 190 g/mol. The van der Waals surface area contributed by atoms with E-state index in [0.717, 1.165) is 12.1 Å². The number of primary amides is 1. The van der Waals surface area contributed by atoms with E-state index in [1.165, 1.54) is 13.1 Å². The first-order valence-corrected chi connectivity index (χ1v) is 3.98. The lowest BCUT2D eigenvalue weighted by Crippen LogP contribution is -2.32. The molecule has 0 spiro atoms. The molecule has 1 unspecified atom stereocenters. The van der Waals surface area contributed by atoms with Crippen LogP contribution in [0.25, 0.3) is 0 Å². The van der Waals surface area contributed by atoms with Crippen molar-refractivity contribution in [3.63, 3.8) is 0 Å². The lowest BCUT2D eigenvalue weighted by atomic mass is 10.1. The number of halogens is 2. The minimum atomic E-state index is -1.14. The van der Waals surface area contributed by atoms with Gasteiger partial charge in [0.25, 0.3) is 0 Å². The Bertz CT molecular complexity index is 334. The summed E-state index contributed by atoms with van der Waals surface area (Å²) in [4.78, 5) is 10.9. The average molecular weight is 200 g/mol. The zero-order chi connectivity index (χ0) is 10.7. The smallest absolute Gasteiger partial charge is 0.239 e. The molecule has 1 rings (SSSR count). The second kappa shape index (κ2) is 4.15. The maximum absolute atomic E-state index is 13.2. The topological polar surface area (TPSA) is 55.1 Å². The van der Waals surface area contributed by atoms with E-state index >= 15 is 0 Å². The fourth-order valence-corrected chi connectivity index (χ4v) is 1.22. The van der Waals surface area contributed by atoms with Crippen LogP contribution in [0.1, 0.15) is 11.6 Å². The summed E-state index contributed by atoms with van der Waals surface area (Å²) in [6, 6.07) is 2.23. The lowest BCUT2D eigenvalue weighted by molar-refractivity contribution is -0.120. The van der Waals surface area contributed by atoms with Crippen molar-refractivity contribution in [3.8, 4) is 0 Å². The first-order chi connectivity index (χ1) is 6.57. The molecule has 76 valence electrons. The van der Waals surface area contributed by atoms with Crippen molar-refractivity contribution in [2.45, 2.75) is 6.04 Å². The quantitative estimate of drug-likeness (QED) is 0.755. The van der Waals surface area contributed by atoms with Crippen molar-refractivity contribution in [1.82, 2.24) is 5.32 Å². The van der Waals surface area contributed by atoms with Crippen LogP contribution >= 0.6 is 0 Å². The van der Waals surface area contributed by atoms with Crippen LogP contribution in [0.4, 0.5) is 8.78 Å². The van der Waals surface area contributed by atoms with E-state index < -0.39 is 23.6 Å². The van der Waals surface area contributed by atoms with Crippen molar-refractivity contribution in [2.75, 3.05) is 7.05 Å². The summed E-state index contributed by atoms with van der Waals surface area (Å²) < 4.78 is 26.3. The number of amides is 1. The first kappa shape index (κ1) is 10.6. The Morgan fingerprint density at radius 2 is 1.93 bits per heavy atom. The highest BCUT2D eigenvalue weighted by atomic mass is 19.1. The van der Waals surface area contributed by atoms with Gasteiger partial charge >= 0.3 is 0 Å². The fraction of sp³-hybridized carbons (Fsp3) is 0.222. The molecule has 0 saturated carbocycles. The summed E-state index contributed by atoms with van der Waals surface area (Å²) in [5.74, 6) is -2.40. The number of hydrogen-bond donors (Lipinski definition) is 2. The summed E-state index contributed by atoms with van der Waals surface area (Å²) in [7, 11) is 1.40. The maximum atomic E-state index is 13.2. The van der Waals surface area contributed by atoms with Crippen LogP contribution in [0.2, 0.25) is 0 Å². The molecule has 1 amide bonds. The number of carbonyl (C=O) groups is 1. The summed E-state index contributed by atoms with van der Waals surface area (Å²) in [6.45, 7) is 0. The second-order valence-electron chi connectivity index (χ2n) is 2.76. The van der Waals surface area contributed by atoms with Gasteiger partial charge in [-0.1, -0.05) is 6.07 Å².